The molecule has 18 heavy (non-hydrogen) atoms. The van der Waals surface area contributed by atoms with Crippen LogP contribution in [-0.2, 0) is 0 Å². The van der Waals surface area contributed by atoms with Gasteiger partial charge in [0.15, 0.2) is 0 Å². The summed E-state index contributed by atoms with van der Waals surface area (Å²) in [6.45, 7) is 0. The van der Waals surface area contributed by atoms with E-state index >= 15 is 0 Å². The first-order valence-electron chi connectivity index (χ1n) is 6.92. The van der Waals surface area contributed by atoms with Gasteiger partial charge in [-0.3, -0.25) is 0 Å². The fourth-order valence-electron chi connectivity index (χ4n) is 4.33. The number of aromatic nitrogens is 2. The van der Waals surface area contributed by atoms with Crippen molar-refractivity contribution in [2.24, 2.45) is 23.7 Å². The Bertz CT molecular complexity index is 347. The van der Waals surface area contributed by atoms with Crippen LogP contribution in [0.2, 0.25) is 5.15 Å². The number of rotatable bonds is 0. The highest BCUT2D eigenvalue weighted by atomic mass is 35.5. The predicted octanol–water partition coefficient (Wildman–Crippen LogP) is 3.54. The fourth-order valence-corrected chi connectivity index (χ4v) is 4.49. The Morgan fingerprint density at radius 3 is 1.61 bits per heavy atom. The molecule has 4 saturated carbocycles. The number of anilines is 1. The molecule has 3 nitrogen and oxygen atoms in total. The van der Waals surface area contributed by atoms with Crippen LogP contribution in [0, 0.1) is 23.7 Å². The number of nitrogen functional groups attached to an aromatic ring is 1. The molecule has 2 N–H and O–H groups in total. The predicted molar refractivity (Wildman–Crippen MR) is 73.1 cm³/mol. The Hall–Kier alpha value is -0.830. The zero-order valence-corrected chi connectivity index (χ0v) is 11.3. The minimum atomic E-state index is 0.373. The van der Waals surface area contributed by atoms with Crippen molar-refractivity contribution in [3.63, 3.8) is 0 Å². The number of nitrogens with zero attached hydrogens (tertiary/aromatic N) is 2. The van der Waals surface area contributed by atoms with Crippen molar-refractivity contribution >= 4 is 17.4 Å². The van der Waals surface area contributed by atoms with Crippen molar-refractivity contribution in [2.45, 2.75) is 38.5 Å². The number of nitrogens with two attached hydrogens (primary N) is 1. The molecule has 1 heterocycles. The summed E-state index contributed by atoms with van der Waals surface area (Å²) in [6.07, 6.45) is 10.9. The van der Waals surface area contributed by atoms with Crippen molar-refractivity contribution in [3.8, 4) is 0 Å². The normalized spacial score (nSPS) is 36.1. The van der Waals surface area contributed by atoms with Crippen LogP contribution in [0.4, 0.5) is 5.82 Å². The van der Waals surface area contributed by atoms with E-state index in [9.17, 15) is 0 Å². The minimum Gasteiger partial charge on any atom is -0.384 e. The van der Waals surface area contributed by atoms with Crippen LogP contribution in [0.3, 0.4) is 0 Å². The molecule has 0 aromatic carbocycles. The van der Waals surface area contributed by atoms with E-state index in [2.05, 4.69) is 9.97 Å². The second-order valence-electron chi connectivity index (χ2n) is 6.14. The van der Waals surface area contributed by atoms with Gasteiger partial charge in [0.2, 0.25) is 0 Å². The lowest BCUT2D eigenvalue weighted by Crippen LogP contribution is -2.38. The quantitative estimate of drug-likeness (QED) is 0.730. The first kappa shape index (κ1) is 12.2. The lowest BCUT2D eigenvalue weighted by Gasteiger charge is -2.49. The third kappa shape index (κ3) is 2.77. The van der Waals surface area contributed by atoms with Crippen molar-refractivity contribution < 1.29 is 0 Å². The summed E-state index contributed by atoms with van der Waals surface area (Å²) >= 11 is 5.41. The van der Waals surface area contributed by atoms with Gasteiger partial charge in [0.05, 0.1) is 0 Å². The van der Waals surface area contributed by atoms with Crippen LogP contribution in [0.25, 0.3) is 0 Å². The van der Waals surface area contributed by atoms with Crippen LogP contribution < -0.4 is 5.73 Å². The van der Waals surface area contributed by atoms with Gasteiger partial charge in [-0.1, -0.05) is 11.6 Å². The molecule has 0 amide bonds. The highest BCUT2D eigenvalue weighted by Gasteiger charge is 2.41. The zero-order valence-electron chi connectivity index (χ0n) is 10.6. The molecule has 0 saturated heterocycles. The molecule has 0 unspecified atom stereocenters. The van der Waals surface area contributed by atoms with Gasteiger partial charge in [-0.15, -0.1) is 0 Å². The summed E-state index contributed by atoms with van der Waals surface area (Å²) < 4.78 is 0. The standard InChI is InChI=1S/C10H16.C4H4ClN3/c1-7-2-9-4-8(1)5-10(3-7)6-9;5-3-1-4(6)8-2-7-3/h7-10H,1-6H2;1-2H,(H2,6,7,8). The highest BCUT2D eigenvalue weighted by Crippen LogP contribution is 2.53. The summed E-state index contributed by atoms with van der Waals surface area (Å²) in [7, 11) is 0. The summed E-state index contributed by atoms with van der Waals surface area (Å²) in [6, 6.07) is 1.49. The molecule has 4 fully saturated rings. The summed E-state index contributed by atoms with van der Waals surface area (Å²) in [5.74, 6) is 5.10. The summed E-state index contributed by atoms with van der Waals surface area (Å²) in [5.41, 5.74) is 5.22. The minimum absolute atomic E-state index is 0.373. The first-order chi connectivity index (χ1) is 8.69. The van der Waals surface area contributed by atoms with Crippen LogP contribution in [0.5, 0.6) is 0 Å². The van der Waals surface area contributed by atoms with Crippen molar-refractivity contribution in [1.82, 2.24) is 9.97 Å². The number of hydrogen-bond acceptors (Lipinski definition) is 3. The molecule has 4 bridgehead atoms. The van der Waals surface area contributed by atoms with E-state index in [-0.39, 0.29) is 0 Å². The maximum Gasteiger partial charge on any atom is 0.134 e. The molecular weight excluding hydrogens is 246 g/mol. The summed E-state index contributed by atoms with van der Waals surface area (Å²) in [5, 5.41) is 0.373. The van der Waals surface area contributed by atoms with Gasteiger partial charge in [-0.05, 0) is 62.2 Å². The molecule has 0 aliphatic heterocycles. The first-order valence-corrected chi connectivity index (χ1v) is 7.30. The fraction of sp³-hybridized carbons (Fsp3) is 0.714. The van der Waals surface area contributed by atoms with E-state index in [0.29, 0.717) is 11.0 Å². The largest absolute Gasteiger partial charge is 0.384 e. The van der Waals surface area contributed by atoms with E-state index in [1.807, 2.05) is 0 Å². The molecule has 1 aromatic heterocycles. The van der Waals surface area contributed by atoms with E-state index < -0.39 is 0 Å². The average Bonchev–Trinajstić information content (AvgIpc) is 2.27. The number of halogens is 1. The SMILES string of the molecule is C1C2CC3CC1CC(C2)C3.Nc1cc(Cl)ncn1. The van der Waals surface area contributed by atoms with E-state index in [0.717, 1.165) is 0 Å². The van der Waals surface area contributed by atoms with Gasteiger partial charge in [-0.2, -0.15) is 0 Å². The van der Waals surface area contributed by atoms with Gasteiger partial charge in [0, 0.05) is 6.07 Å². The average molecular weight is 266 g/mol. The lowest BCUT2D eigenvalue weighted by atomic mass is 9.56. The topological polar surface area (TPSA) is 51.8 Å². The summed E-state index contributed by atoms with van der Waals surface area (Å²) in [4.78, 5) is 7.24. The highest BCUT2D eigenvalue weighted by molar-refractivity contribution is 6.29. The lowest BCUT2D eigenvalue weighted by molar-refractivity contribution is 0.0198. The van der Waals surface area contributed by atoms with Gasteiger partial charge in [-0.25, -0.2) is 9.97 Å². The van der Waals surface area contributed by atoms with E-state index in [1.54, 1.807) is 38.5 Å². The molecule has 1 aromatic rings. The van der Waals surface area contributed by atoms with Crippen molar-refractivity contribution in [2.75, 3.05) is 5.73 Å². The van der Waals surface area contributed by atoms with Gasteiger partial charge in [0.25, 0.3) is 0 Å². The third-order valence-corrected chi connectivity index (χ3v) is 4.86. The molecule has 4 aliphatic rings. The Balaban J connectivity index is 0.000000115. The molecule has 0 spiro atoms. The second-order valence-corrected chi connectivity index (χ2v) is 6.53. The maximum absolute atomic E-state index is 5.41. The zero-order chi connectivity index (χ0) is 12.5. The Kier molecular flexibility index (Phi) is 3.42. The van der Waals surface area contributed by atoms with E-state index in [1.165, 1.54) is 36.1 Å². The smallest absolute Gasteiger partial charge is 0.134 e. The van der Waals surface area contributed by atoms with Crippen LogP contribution in [0.1, 0.15) is 38.5 Å². The molecular formula is C14H20ClN3. The molecule has 0 atom stereocenters. The molecule has 4 aliphatic carbocycles. The van der Waals surface area contributed by atoms with Crippen LogP contribution >= 0.6 is 11.6 Å². The molecule has 98 valence electrons. The van der Waals surface area contributed by atoms with Gasteiger partial charge < -0.3 is 5.73 Å². The van der Waals surface area contributed by atoms with Crippen molar-refractivity contribution in [1.29, 1.82) is 0 Å². The number of hydrogen-bond donors (Lipinski definition) is 1. The van der Waals surface area contributed by atoms with E-state index in [4.69, 9.17) is 17.3 Å². The van der Waals surface area contributed by atoms with Crippen LogP contribution in [0.15, 0.2) is 12.4 Å². The Morgan fingerprint density at radius 1 is 0.889 bits per heavy atom. The second kappa shape index (κ2) is 5.04. The molecule has 0 radical (unpaired) electrons. The third-order valence-electron chi connectivity index (χ3n) is 4.65. The van der Waals surface area contributed by atoms with Gasteiger partial charge >= 0.3 is 0 Å². The maximum atomic E-state index is 5.41. The monoisotopic (exact) mass is 265 g/mol. The Labute approximate surface area is 113 Å². The Morgan fingerprint density at radius 2 is 1.33 bits per heavy atom. The molecule has 4 heteroatoms. The molecule has 5 rings (SSSR count). The van der Waals surface area contributed by atoms with Crippen molar-refractivity contribution in [3.05, 3.63) is 17.5 Å². The van der Waals surface area contributed by atoms with Crippen LogP contribution in [-0.4, -0.2) is 9.97 Å². The van der Waals surface area contributed by atoms with Gasteiger partial charge in [0.1, 0.15) is 17.3 Å².